The number of hydrogen-bond acceptors (Lipinski definition) is 3. The maximum Gasteiger partial charge on any atom is 0.169 e. The van der Waals surface area contributed by atoms with E-state index in [1.165, 1.54) is 56.9 Å². The van der Waals surface area contributed by atoms with Crippen molar-refractivity contribution in [3.05, 3.63) is 11.6 Å². The van der Waals surface area contributed by atoms with Gasteiger partial charge >= 0.3 is 0 Å². The molecule has 0 aromatic carbocycles. The molecule has 3 saturated carbocycles. The first-order valence-electron chi connectivity index (χ1n) is 15.2. The van der Waals surface area contributed by atoms with E-state index in [0.29, 0.717) is 12.0 Å². The number of aliphatic hydroxyl groups is 2. The predicted octanol–water partition coefficient (Wildman–Crippen LogP) is 8.04. The topological polar surface area (TPSA) is 49.7 Å². The van der Waals surface area contributed by atoms with Crippen molar-refractivity contribution >= 4 is 0 Å². The van der Waals surface area contributed by atoms with Crippen LogP contribution in [0.1, 0.15) is 131 Å². The highest BCUT2D eigenvalue weighted by Crippen LogP contribution is 2.67. The Morgan fingerprint density at radius 2 is 1.83 bits per heavy atom. The van der Waals surface area contributed by atoms with E-state index in [4.69, 9.17) is 4.74 Å². The molecule has 0 aromatic heterocycles. The van der Waals surface area contributed by atoms with Crippen molar-refractivity contribution in [2.45, 2.75) is 143 Å². The number of fused-ring (bicyclic) bond motifs is 5. The fraction of sp³-hybridized carbons (Fsp3) is 0.938. The summed E-state index contributed by atoms with van der Waals surface area (Å²) in [5.41, 5.74) is 1.70. The van der Waals surface area contributed by atoms with Crippen LogP contribution in [0.25, 0.3) is 0 Å². The summed E-state index contributed by atoms with van der Waals surface area (Å²) in [6.07, 6.45) is 18.6. The van der Waals surface area contributed by atoms with Crippen molar-refractivity contribution in [1.29, 1.82) is 0 Å². The van der Waals surface area contributed by atoms with Crippen molar-refractivity contribution in [3.63, 3.8) is 0 Å². The molecule has 3 heteroatoms. The Bertz CT molecular complexity index is 752. The lowest BCUT2D eigenvalue weighted by atomic mass is 9.46. The summed E-state index contributed by atoms with van der Waals surface area (Å²) in [5, 5.41) is 21.4. The van der Waals surface area contributed by atoms with E-state index in [9.17, 15) is 10.2 Å². The zero-order chi connectivity index (χ0) is 25.5. The van der Waals surface area contributed by atoms with E-state index in [1.807, 2.05) is 13.8 Å². The van der Waals surface area contributed by atoms with Gasteiger partial charge in [-0.2, -0.15) is 0 Å². The number of hydrogen-bond donors (Lipinski definition) is 2. The van der Waals surface area contributed by atoms with E-state index < -0.39 is 11.4 Å². The first kappa shape index (κ1) is 27.6. The number of allylic oxidation sites excluding steroid dienone is 1. The van der Waals surface area contributed by atoms with E-state index in [1.54, 1.807) is 0 Å². The quantitative estimate of drug-likeness (QED) is 0.186. The van der Waals surface area contributed by atoms with Crippen LogP contribution in [0.4, 0.5) is 0 Å². The minimum atomic E-state index is -0.938. The van der Waals surface area contributed by atoms with Crippen LogP contribution in [-0.2, 0) is 4.74 Å². The summed E-state index contributed by atoms with van der Waals surface area (Å²) in [5.74, 6) is 3.09. The van der Waals surface area contributed by atoms with E-state index in [0.717, 1.165) is 68.1 Å². The lowest BCUT2D eigenvalue weighted by molar-refractivity contribution is -0.225. The van der Waals surface area contributed by atoms with E-state index in [-0.39, 0.29) is 5.41 Å². The van der Waals surface area contributed by atoms with Gasteiger partial charge in [0.15, 0.2) is 5.79 Å². The second kappa shape index (κ2) is 10.4. The molecule has 8 atom stereocenters. The molecule has 0 aliphatic heterocycles. The van der Waals surface area contributed by atoms with Gasteiger partial charge in [-0.05, 0) is 106 Å². The summed E-state index contributed by atoms with van der Waals surface area (Å²) in [6, 6.07) is 0. The maximum atomic E-state index is 11.2. The molecule has 0 amide bonds. The lowest BCUT2D eigenvalue weighted by Gasteiger charge is -2.59. The minimum Gasteiger partial charge on any atom is -0.390 e. The Hall–Kier alpha value is -0.380. The summed E-state index contributed by atoms with van der Waals surface area (Å²) >= 11 is 0. The molecule has 0 spiro atoms. The van der Waals surface area contributed by atoms with Crippen LogP contribution < -0.4 is 0 Å². The highest BCUT2D eigenvalue weighted by molar-refractivity contribution is 5.26. The molecule has 35 heavy (non-hydrogen) atoms. The Labute approximate surface area is 216 Å². The van der Waals surface area contributed by atoms with Crippen molar-refractivity contribution < 1.29 is 14.9 Å². The first-order valence-corrected chi connectivity index (χ1v) is 15.2. The van der Waals surface area contributed by atoms with Gasteiger partial charge in [0, 0.05) is 12.8 Å². The predicted molar refractivity (Wildman–Crippen MR) is 145 cm³/mol. The molecular weight excluding hydrogens is 432 g/mol. The second-order valence-electron chi connectivity index (χ2n) is 14.3. The largest absolute Gasteiger partial charge is 0.390 e. The van der Waals surface area contributed by atoms with Crippen LogP contribution in [0.3, 0.4) is 0 Å². The van der Waals surface area contributed by atoms with Gasteiger partial charge in [-0.15, -0.1) is 0 Å². The van der Waals surface area contributed by atoms with Gasteiger partial charge in [0.25, 0.3) is 0 Å². The van der Waals surface area contributed by atoms with Crippen LogP contribution in [0, 0.1) is 40.4 Å². The monoisotopic (exact) mass is 488 g/mol. The molecule has 0 saturated heterocycles. The van der Waals surface area contributed by atoms with Gasteiger partial charge in [-0.25, -0.2) is 0 Å². The van der Waals surface area contributed by atoms with Crippen molar-refractivity contribution in [2.75, 3.05) is 6.61 Å². The minimum absolute atomic E-state index is 0.250. The van der Waals surface area contributed by atoms with E-state index in [2.05, 4.69) is 33.8 Å². The zero-order valence-electron chi connectivity index (χ0n) is 23.9. The third-order valence-corrected chi connectivity index (χ3v) is 11.5. The van der Waals surface area contributed by atoms with Gasteiger partial charge in [0.1, 0.15) is 0 Å². The van der Waals surface area contributed by atoms with Gasteiger partial charge in [0.05, 0.1) is 12.2 Å². The van der Waals surface area contributed by atoms with Gasteiger partial charge in [-0.3, -0.25) is 0 Å². The fourth-order valence-corrected chi connectivity index (χ4v) is 9.39. The Balaban J connectivity index is 1.42. The third kappa shape index (κ3) is 5.58. The molecule has 0 heterocycles. The average Bonchev–Trinajstić information content (AvgIpc) is 3.14. The van der Waals surface area contributed by atoms with Crippen LogP contribution in [0.2, 0.25) is 0 Å². The number of rotatable bonds is 10. The molecule has 3 fully saturated rings. The summed E-state index contributed by atoms with van der Waals surface area (Å²) in [7, 11) is 0. The van der Waals surface area contributed by atoms with Crippen molar-refractivity contribution in [1.82, 2.24) is 0 Å². The van der Waals surface area contributed by atoms with Crippen LogP contribution >= 0.6 is 0 Å². The molecule has 2 N–H and O–H groups in total. The van der Waals surface area contributed by atoms with Gasteiger partial charge in [-0.1, -0.05) is 65.0 Å². The molecule has 4 rings (SSSR count). The Morgan fingerprint density at radius 1 is 1.06 bits per heavy atom. The van der Waals surface area contributed by atoms with Crippen molar-refractivity contribution in [3.8, 4) is 0 Å². The average molecular weight is 489 g/mol. The second-order valence-corrected chi connectivity index (χ2v) is 14.3. The SMILES string of the molecule is CCCCCO[C@]1(O)CC[C@@]2(C)C(=CC[C@H]3[C@@H]4CC[C@H]([C@H](C)CCCC(C)(C)O)[C@@]4(C)CC[C@@H]32)C1. The lowest BCUT2D eigenvalue weighted by Crippen LogP contribution is -2.53. The summed E-state index contributed by atoms with van der Waals surface area (Å²) in [6.45, 7) is 14.5. The Morgan fingerprint density at radius 3 is 2.54 bits per heavy atom. The van der Waals surface area contributed by atoms with Gasteiger partial charge < -0.3 is 14.9 Å². The molecule has 0 unspecified atom stereocenters. The molecular formula is C32H56O3. The smallest absolute Gasteiger partial charge is 0.169 e. The standard InChI is InChI=1S/C32H56O3/c1-7-8-9-21-35-32(34)20-19-30(5)24(22-32)12-13-25-27-15-14-26(31(27,6)18-16-28(25)30)23(2)11-10-17-29(3,4)33/h12,23,25-28,33-34H,7-11,13-22H2,1-6H3/t23-,25+,26-,27+,28+,30+,31-,32-/m1/s1. The highest BCUT2D eigenvalue weighted by Gasteiger charge is 2.60. The molecule has 4 aliphatic carbocycles. The molecule has 0 radical (unpaired) electrons. The molecule has 4 aliphatic rings. The van der Waals surface area contributed by atoms with Crippen LogP contribution in [0.5, 0.6) is 0 Å². The molecule has 3 nitrogen and oxygen atoms in total. The summed E-state index contributed by atoms with van der Waals surface area (Å²) in [4.78, 5) is 0. The normalized spacial score (nSPS) is 42.1. The fourth-order valence-electron chi connectivity index (χ4n) is 9.39. The number of ether oxygens (including phenoxy) is 1. The Kier molecular flexibility index (Phi) is 8.22. The van der Waals surface area contributed by atoms with Crippen LogP contribution in [0.15, 0.2) is 11.6 Å². The zero-order valence-corrected chi connectivity index (χ0v) is 23.9. The van der Waals surface area contributed by atoms with Gasteiger partial charge in [0.2, 0.25) is 0 Å². The highest BCUT2D eigenvalue weighted by atomic mass is 16.6. The maximum absolute atomic E-state index is 11.2. The van der Waals surface area contributed by atoms with Crippen molar-refractivity contribution in [2.24, 2.45) is 40.4 Å². The number of unbranched alkanes of at least 4 members (excludes halogenated alkanes) is 2. The summed E-state index contributed by atoms with van der Waals surface area (Å²) < 4.78 is 6.08. The van der Waals surface area contributed by atoms with E-state index >= 15 is 0 Å². The van der Waals surface area contributed by atoms with Crippen LogP contribution in [-0.4, -0.2) is 28.2 Å². The molecule has 0 bridgehead atoms. The molecule has 0 aromatic rings. The molecule has 202 valence electrons. The first-order chi connectivity index (χ1) is 16.4. The third-order valence-electron chi connectivity index (χ3n) is 11.5.